The Bertz CT molecular complexity index is 622. The largest absolute Gasteiger partial charge is 0.493 e. The van der Waals surface area contributed by atoms with E-state index in [1.807, 2.05) is 13.0 Å². The number of rotatable bonds is 4. The van der Waals surface area contributed by atoms with Gasteiger partial charge in [-0.2, -0.15) is 0 Å². The Balaban J connectivity index is 1.61. The third kappa shape index (κ3) is 2.77. The topological polar surface area (TPSA) is 18.5 Å². The summed E-state index contributed by atoms with van der Waals surface area (Å²) in [7, 11) is 0. The predicted molar refractivity (Wildman–Crippen MR) is 76.0 cm³/mol. The number of ether oxygens (including phenoxy) is 2. The van der Waals surface area contributed by atoms with Gasteiger partial charge in [-0.3, -0.25) is 0 Å². The highest BCUT2D eigenvalue weighted by Gasteiger charge is 2.11. The highest BCUT2D eigenvalue weighted by molar-refractivity contribution is 5.40. The molecule has 0 saturated carbocycles. The molecular formula is C17H17FO2. The summed E-state index contributed by atoms with van der Waals surface area (Å²) in [5.41, 5.74) is 3.45. The molecule has 0 atom stereocenters. The van der Waals surface area contributed by atoms with Gasteiger partial charge in [-0.15, -0.1) is 0 Å². The Morgan fingerprint density at radius 1 is 1.20 bits per heavy atom. The molecule has 1 aliphatic heterocycles. The molecule has 0 spiro atoms. The van der Waals surface area contributed by atoms with Crippen LogP contribution in [0.3, 0.4) is 0 Å². The highest BCUT2D eigenvalue weighted by Crippen LogP contribution is 2.26. The fraction of sp³-hybridized carbons (Fsp3) is 0.294. The number of halogens is 1. The number of aryl methyl sites for hydroxylation is 1. The lowest BCUT2D eigenvalue weighted by atomic mass is 10.1. The molecule has 0 saturated heterocycles. The Kier molecular flexibility index (Phi) is 3.59. The van der Waals surface area contributed by atoms with Crippen molar-refractivity contribution in [2.24, 2.45) is 0 Å². The maximum absolute atomic E-state index is 13.2. The van der Waals surface area contributed by atoms with Crippen LogP contribution >= 0.6 is 0 Å². The van der Waals surface area contributed by atoms with Crippen LogP contribution < -0.4 is 9.47 Å². The van der Waals surface area contributed by atoms with E-state index in [0.29, 0.717) is 12.4 Å². The lowest BCUT2D eigenvalue weighted by Gasteiger charge is -2.09. The third-order valence-corrected chi connectivity index (χ3v) is 3.55. The molecular weight excluding hydrogens is 255 g/mol. The molecule has 104 valence electrons. The quantitative estimate of drug-likeness (QED) is 0.845. The average molecular weight is 272 g/mol. The second-order valence-electron chi connectivity index (χ2n) is 5.05. The second kappa shape index (κ2) is 5.53. The summed E-state index contributed by atoms with van der Waals surface area (Å²) in [5.74, 6) is 1.35. The lowest BCUT2D eigenvalue weighted by molar-refractivity contribution is 0.318. The molecule has 0 unspecified atom stereocenters. The number of fused-ring (bicyclic) bond motifs is 1. The minimum absolute atomic E-state index is 0.264. The zero-order valence-electron chi connectivity index (χ0n) is 11.5. The third-order valence-electron chi connectivity index (χ3n) is 3.55. The van der Waals surface area contributed by atoms with Crippen LogP contribution in [0.1, 0.15) is 16.7 Å². The van der Waals surface area contributed by atoms with Crippen LogP contribution in [0.25, 0.3) is 0 Å². The molecule has 0 bridgehead atoms. The van der Waals surface area contributed by atoms with Gasteiger partial charge >= 0.3 is 0 Å². The molecule has 0 aromatic heterocycles. The monoisotopic (exact) mass is 272 g/mol. The lowest BCUT2D eigenvalue weighted by Crippen LogP contribution is -2.03. The summed E-state index contributed by atoms with van der Waals surface area (Å²) in [5, 5.41) is 0. The molecule has 2 nitrogen and oxygen atoms in total. The van der Waals surface area contributed by atoms with Gasteiger partial charge in [0.25, 0.3) is 0 Å². The van der Waals surface area contributed by atoms with Crippen molar-refractivity contribution in [2.45, 2.75) is 19.8 Å². The van der Waals surface area contributed by atoms with E-state index >= 15 is 0 Å². The summed E-state index contributed by atoms with van der Waals surface area (Å²) in [6.45, 7) is 3.24. The Labute approximate surface area is 118 Å². The summed E-state index contributed by atoms with van der Waals surface area (Å²) in [4.78, 5) is 0. The van der Waals surface area contributed by atoms with E-state index in [9.17, 15) is 4.39 Å². The molecule has 0 radical (unpaired) electrons. The standard InChI is InChI=1S/C17H17FO2/c1-12-2-4-15(18)11-17(12)20-8-6-13-3-5-16-14(10-13)7-9-19-16/h2-5,10-11H,6-9H2,1H3. The minimum atomic E-state index is -0.264. The Morgan fingerprint density at radius 3 is 3.00 bits per heavy atom. The second-order valence-corrected chi connectivity index (χ2v) is 5.05. The predicted octanol–water partition coefficient (Wildman–Crippen LogP) is 3.69. The van der Waals surface area contributed by atoms with Crippen LogP contribution in [0.4, 0.5) is 4.39 Å². The minimum Gasteiger partial charge on any atom is -0.493 e. The van der Waals surface area contributed by atoms with Crippen molar-refractivity contribution >= 4 is 0 Å². The van der Waals surface area contributed by atoms with Gasteiger partial charge in [-0.1, -0.05) is 18.2 Å². The van der Waals surface area contributed by atoms with E-state index in [2.05, 4.69) is 12.1 Å². The van der Waals surface area contributed by atoms with Crippen molar-refractivity contribution in [3.8, 4) is 11.5 Å². The maximum atomic E-state index is 13.2. The average Bonchev–Trinajstić information content (AvgIpc) is 2.90. The fourth-order valence-electron chi connectivity index (χ4n) is 2.40. The smallest absolute Gasteiger partial charge is 0.126 e. The van der Waals surface area contributed by atoms with Crippen LogP contribution in [-0.2, 0) is 12.8 Å². The van der Waals surface area contributed by atoms with Crippen molar-refractivity contribution < 1.29 is 13.9 Å². The summed E-state index contributed by atoms with van der Waals surface area (Å²) in [6.07, 6.45) is 1.79. The molecule has 0 fully saturated rings. The Morgan fingerprint density at radius 2 is 2.10 bits per heavy atom. The Hall–Kier alpha value is -2.03. The van der Waals surface area contributed by atoms with Crippen LogP contribution in [-0.4, -0.2) is 13.2 Å². The number of benzene rings is 2. The molecule has 0 amide bonds. The number of hydrogen-bond donors (Lipinski definition) is 0. The van der Waals surface area contributed by atoms with Gasteiger partial charge in [0, 0.05) is 18.9 Å². The van der Waals surface area contributed by atoms with E-state index in [1.165, 1.54) is 23.3 Å². The first kappa shape index (κ1) is 13.0. The SMILES string of the molecule is Cc1ccc(F)cc1OCCc1ccc2c(c1)CCO2. The van der Waals surface area contributed by atoms with Gasteiger partial charge in [0.15, 0.2) is 0 Å². The maximum Gasteiger partial charge on any atom is 0.126 e. The number of hydrogen-bond acceptors (Lipinski definition) is 2. The van der Waals surface area contributed by atoms with Crippen LogP contribution in [0, 0.1) is 12.7 Å². The van der Waals surface area contributed by atoms with Crippen molar-refractivity contribution in [2.75, 3.05) is 13.2 Å². The van der Waals surface area contributed by atoms with Crippen molar-refractivity contribution in [3.63, 3.8) is 0 Å². The summed E-state index contributed by atoms with van der Waals surface area (Å²) in [6, 6.07) is 10.9. The highest BCUT2D eigenvalue weighted by atomic mass is 19.1. The molecule has 1 heterocycles. The summed E-state index contributed by atoms with van der Waals surface area (Å²) >= 11 is 0. The van der Waals surface area contributed by atoms with Gasteiger partial charge in [0.1, 0.15) is 17.3 Å². The summed E-state index contributed by atoms with van der Waals surface area (Å²) < 4.78 is 24.3. The molecule has 0 aliphatic carbocycles. The van der Waals surface area contributed by atoms with Crippen LogP contribution in [0.5, 0.6) is 11.5 Å². The van der Waals surface area contributed by atoms with Gasteiger partial charge in [0.05, 0.1) is 13.2 Å². The van der Waals surface area contributed by atoms with Crippen LogP contribution in [0.15, 0.2) is 36.4 Å². The molecule has 2 aromatic carbocycles. The van der Waals surface area contributed by atoms with Crippen LogP contribution in [0.2, 0.25) is 0 Å². The zero-order chi connectivity index (χ0) is 13.9. The molecule has 0 N–H and O–H groups in total. The molecule has 3 rings (SSSR count). The van der Waals surface area contributed by atoms with Gasteiger partial charge < -0.3 is 9.47 Å². The van der Waals surface area contributed by atoms with E-state index in [0.717, 1.165) is 30.8 Å². The normalized spacial score (nSPS) is 12.9. The van der Waals surface area contributed by atoms with Crippen molar-refractivity contribution in [3.05, 3.63) is 58.9 Å². The fourth-order valence-corrected chi connectivity index (χ4v) is 2.40. The van der Waals surface area contributed by atoms with Gasteiger partial charge in [0.2, 0.25) is 0 Å². The van der Waals surface area contributed by atoms with Gasteiger partial charge in [-0.25, -0.2) is 4.39 Å². The van der Waals surface area contributed by atoms with E-state index in [4.69, 9.17) is 9.47 Å². The van der Waals surface area contributed by atoms with E-state index in [1.54, 1.807) is 6.07 Å². The van der Waals surface area contributed by atoms with Crippen molar-refractivity contribution in [1.29, 1.82) is 0 Å². The van der Waals surface area contributed by atoms with E-state index in [-0.39, 0.29) is 5.82 Å². The molecule has 20 heavy (non-hydrogen) atoms. The molecule has 3 heteroatoms. The first-order chi connectivity index (χ1) is 9.72. The molecule has 2 aromatic rings. The van der Waals surface area contributed by atoms with Crippen molar-refractivity contribution in [1.82, 2.24) is 0 Å². The zero-order valence-corrected chi connectivity index (χ0v) is 11.5. The van der Waals surface area contributed by atoms with Gasteiger partial charge in [-0.05, 0) is 35.7 Å². The first-order valence-corrected chi connectivity index (χ1v) is 6.86. The first-order valence-electron chi connectivity index (χ1n) is 6.86. The molecule has 1 aliphatic rings. The van der Waals surface area contributed by atoms with E-state index < -0.39 is 0 Å².